The largest absolute Gasteiger partial charge is 0.396 e. The lowest BCUT2D eigenvalue weighted by Gasteiger charge is -2.14. The Kier molecular flexibility index (Phi) is 5.26. The third-order valence-electron chi connectivity index (χ3n) is 5.38. The second-order valence-electron chi connectivity index (χ2n) is 7.83. The molecule has 0 aliphatic heterocycles. The Balaban J connectivity index is 1.39. The molecule has 0 radical (unpaired) electrons. The number of hydrogen-bond acceptors (Lipinski definition) is 3. The Morgan fingerprint density at radius 3 is 2.41 bits per heavy atom. The minimum absolute atomic E-state index is 0.145. The molecular formula is C22H26ClN3O. The molecule has 2 aromatic rings. The minimum atomic E-state index is 0.145. The molecule has 0 aromatic heterocycles. The lowest BCUT2D eigenvalue weighted by molar-refractivity contribution is -0.121. The van der Waals surface area contributed by atoms with Crippen molar-refractivity contribution < 1.29 is 4.79 Å². The van der Waals surface area contributed by atoms with Gasteiger partial charge in [0.15, 0.2) is 0 Å². The summed E-state index contributed by atoms with van der Waals surface area (Å²) in [5, 5.41) is 6.98. The quantitative estimate of drug-likeness (QED) is 0.572. The summed E-state index contributed by atoms with van der Waals surface area (Å²) in [6.07, 6.45) is 5.65. The van der Waals surface area contributed by atoms with Crippen molar-refractivity contribution in [2.75, 3.05) is 17.6 Å². The number of benzene rings is 2. The molecule has 5 heteroatoms. The van der Waals surface area contributed by atoms with Crippen LogP contribution in [0.2, 0.25) is 5.02 Å². The second-order valence-corrected chi connectivity index (χ2v) is 8.21. The van der Waals surface area contributed by atoms with Crippen LogP contribution >= 0.6 is 11.6 Å². The van der Waals surface area contributed by atoms with Gasteiger partial charge < -0.3 is 16.4 Å². The molecule has 2 aliphatic carbocycles. The van der Waals surface area contributed by atoms with Gasteiger partial charge in [0.05, 0.1) is 16.4 Å². The predicted molar refractivity (Wildman–Crippen MR) is 112 cm³/mol. The van der Waals surface area contributed by atoms with Gasteiger partial charge in [0.2, 0.25) is 5.91 Å². The Morgan fingerprint density at radius 2 is 1.74 bits per heavy atom. The van der Waals surface area contributed by atoms with Crippen LogP contribution in [0.15, 0.2) is 36.4 Å². The Morgan fingerprint density at radius 1 is 1.04 bits per heavy atom. The molecule has 0 heterocycles. The van der Waals surface area contributed by atoms with Gasteiger partial charge in [0.1, 0.15) is 0 Å². The molecule has 4 rings (SSSR count). The van der Waals surface area contributed by atoms with Crippen molar-refractivity contribution in [3.8, 4) is 11.1 Å². The molecule has 0 atom stereocenters. The van der Waals surface area contributed by atoms with Gasteiger partial charge >= 0.3 is 0 Å². The number of nitrogens with two attached hydrogens (primary N) is 1. The van der Waals surface area contributed by atoms with Crippen LogP contribution in [0.25, 0.3) is 11.1 Å². The van der Waals surface area contributed by atoms with E-state index in [4.69, 9.17) is 17.3 Å². The standard InChI is InChI=1S/C22H26ClN3O/c23-21-18(9-10-19(22(21)24)25-12-15-3-4-15)17-7-5-16(6-8-17)13-26-20(27)11-14-1-2-14/h5-10,14-15,25H,1-4,11-13,24H2,(H,26,27). The van der Waals surface area contributed by atoms with Crippen molar-refractivity contribution in [3.63, 3.8) is 0 Å². The summed E-state index contributed by atoms with van der Waals surface area (Å²) in [4.78, 5) is 11.8. The van der Waals surface area contributed by atoms with E-state index in [-0.39, 0.29) is 5.91 Å². The van der Waals surface area contributed by atoms with E-state index in [0.29, 0.717) is 29.6 Å². The van der Waals surface area contributed by atoms with Crippen LogP contribution in [0.4, 0.5) is 11.4 Å². The Labute approximate surface area is 165 Å². The van der Waals surface area contributed by atoms with E-state index in [0.717, 1.165) is 34.8 Å². The maximum Gasteiger partial charge on any atom is 0.220 e. The third kappa shape index (κ3) is 4.75. The number of rotatable bonds is 8. The third-order valence-corrected chi connectivity index (χ3v) is 5.79. The lowest BCUT2D eigenvalue weighted by atomic mass is 10.0. The second kappa shape index (κ2) is 7.81. The minimum Gasteiger partial charge on any atom is -0.396 e. The van der Waals surface area contributed by atoms with Crippen molar-refractivity contribution in [3.05, 3.63) is 47.0 Å². The van der Waals surface area contributed by atoms with Crippen LogP contribution < -0.4 is 16.4 Å². The maximum atomic E-state index is 11.8. The van der Waals surface area contributed by atoms with E-state index >= 15 is 0 Å². The summed E-state index contributed by atoms with van der Waals surface area (Å²) in [7, 11) is 0. The molecule has 0 bridgehead atoms. The molecule has 2 aliphatic rings. The van der Waals surface area contributed by atoms with E-state index < -0.39 is 0 Å². The summed E-state index contributed by atoms with van der Waals surface area (Å²) >= 11 is 6.54. The lowest BCUT2D eigenvalue weighted by Crippen LogP contribution is -2.22. The van der Waals surface area contributed by atoms with E-state index in [9.17, 15) is 4.79 Å². The van der Waals surface area contributed by atoms with Crippen LogP contribution in [0.3, 0.4) is 0 Å². The Bertz CT molecular complexity index is 826. The normalized spacial score (nSPS) is 16.2. The molecule has 0 spiro atoms. The summed E-state index contributed by atoms with van der Waals surface area (Å²) in [6, 6.07) is 12.1. The molecular weight excluding hydrogens is 358 g/mol. The summed E-state index contributed by atoms with van der Waals surface area (Å²) in [5.41, 5.74) is 10.8. The van der Waals surface area contributed by atoms with Gasteiger partial charge in [-0.1, -0.05) is 41.9 Å². The van der Waals surface area contributed by atoms with Gasteiger partial charge in [0.25, 0.3) is 0 Å². The summed E-state index contributed by atoms with van der Waals surface area (Å²) in [5.74, 6) is 1.54. The van der Waals surface area contributed by atoms with E-state index in [2.05, 4.69) is 10.6 Å². The topological polar surface area (TPSA) is 67.2 Å². The summed E-state index contributed by atoms with van der Waals surface area (Å²) in [6.45, 7) is 1.52. The SMILES string of the molecule is Nc1c(NCC2CC2)ccc(-c2ccc(CNC(=O)CC3CC3)cc2)c1Cl. The number of nitrogen functional groups attached to an aromatic ring is 1. The van der Waals surface area contributed by atoms with Crippen LogP contribution in [-0.2, 0) is 11.3 Å². The zero-order valence-corrected chi connectivity index (χ0v) is 16.2. The number of anilines is 2. The summed E-state index contributed by atoms with van der Waals surface area (Å²) < 4.78 is 0. The molecule has 4 nitrogen and oxygen atoms in total. The fourth-order valence-electron chi connectivity index (χ4n) is 3.21. The monoisotopic (exact) mass is 383 g/mol. The average Bonchev–Trinajstić information content (AvgIpc) is 3.58. The first-order valence-electron chi connectivity index (χ1n) is 9.78. The van der Waals surface area contributed by atoms with Gasteiger partial charge in [-0.3, -0.25) is 4.79 Å². The zero-order valence-electron chi connectivity index (χ0n) is 15.4. The highest BCUT2D eigenvalue weighted by Gasteiger charge is 2.24. The first kappa shape index (κ1) is 18.2. The van der Waals surface area contributed by atoms with Crippen molar-refractivity contribution in [2.24, 2.45) is 11.8 Å². The maximum absolute atomic E-state index is 11.8. The highest BCUT2D eigenvalue weighted by molar-refractivity contribution is 6.36. The first-order chi connectivity index (χ1) is 13.1. The molecule has 27 heavy (non-hydrogen) atoms. The van der Waals surface area contributed by atoms with E-state index in [1.807, 2.05) is 36.4 Å². The van der Waals surface area contributed by atoms with Crippen molar-refractivity contribution in [1.29, 1.82) is 0 Å². The van der Waals surface area contributed by atoms with E-state index in [1.165, 1.54) is 25.7 Å². The number of carbonyl (C=O) groups excluding carboxylic acids is 1. The highest BCUT2D eigenvalue weighted by atomic mass is 35.5. The molecule has 2 aromatic carbocycles. The number of amides is 1. The molecule has 142 valence electrons. The fraction of sp³-hybridized carbons (Fsp3) is 0.409. The number of halogens is 1. The molecule has 0 unspecified atom stereocenters. The Hall–Kier alpha value is -2.20. The van der Waals surface area contributed by atoms with Crippen molar-refractivity contribution in [2.45, 2.75) is 38.6 Å². The average molecular weight is 384 g/mol. The van der Waals surface area contributed by atoms with Gasteiger partial charge in [-0.15, -0.1) is 0 Å². The number of nitrogens with one attached hydrogen (secondary N) is 2. The van der Waals surface area contributed by atoms with Gasteiger partial charge in [-0.25, -0.2) is 0 Å². The number of carbonyl (C=O) groups is 1. The molecule has 1 amide bonds. The molecule has 2 fully saturated rings. The van der Waals surface area contributed by atoms with Gasteiger partial charge in [0, 0.05) is 25.1 Å². The van der Waals surface area contributed by atoms with Crippen LogP contribution in [0, 0.1) is 11.8 Å². The molecule has 0 saturated heterocycles. The highest BCUT2D eigenvalue weighted by Crippen LogP contribution is 2.38. The molecule has 4 N–H and O–H groups in total. The molecule has 2 saturated carbocycles. The fourth-order valence-corrected chi connectivity index (χ4v) is 3.48. The van der Waals surface area contributed by atoms with Crippen LogP contribution in [-0.4, -0.2) is 12.5 Å². The predicted octanol–water partition coefficient (Wildman–Crippen LogP) is 4.83. The van der Waals surface area contributed by atoms with Gasteiger partial charge in [-0.2, -0.15) is 0 Å². The van der Waals surface area contributed by atoms with Crippen molar-refractivity contribution >= 4 is 28.9 Å². The van der Waals surface area contributed by atoms with Crippen LogP contribution in [0.1, 0.15) is 37.7 Å². The smallest absolute Gasteiger partial charge is 0.220 e. The number of hydrogen-bond donors (Lipinski definition) is 3. The van der Waals surface area contributed by atoms with Crippen molar-refractivity contribution in [1.82, 2.24) is 5.32 Å². The van der Waals surface area contributed by atoms with Crippen LogP contribution in [0.5, 0.6) is 0 Å². The van der Waals surface area contributed by atoms with E-state index in [1.54, 1.807) is 0 Å². The van der Waals surface area contributed by atoms with Gasteiger partial charge in [-0.05, 0) is 54.7 Å². The zero-order chi connectivity index (χ0) is 18.8. The first-order valence-corrected chi connectivity index (χ1v) is 10.2.